The van der Waals surface area contributed by atoms with Gasteiger partial charge in [0.15, 0.2) is 5.82 Å². The van der Waals surface area contributed by atoms with E-state index in [0.29, 0.717) is 18.5 Å². The quantitative estimate of drug-likeness (QED) is 0.457. The number of pyridine rings is 1. The highest BCUT2D eigenvalue weighted by atomic mass is 79.9. The van der Waals surface area contributed by atoms with Crippen molar-refractivity contribution in [3.05, 3.63) is 33.3 Å². The number of fused-ring (bicyclic) bond motifs is 3. The maximum absolute atomic E-state index is 14.7. The predicted octanol–water partition coefficient (Wildman–Crippen LogP) is 5.24. The highest BCUT2D eigenvalue weighted by Crippen LogP contribution is 2.37. The summed E-state index contributed by atoms with van der Waals surface area (Å²) in [7, 11) is 0. The molecule has 1 aliphatic rings. The molecular formula is C19H19BrClFN4O2. The molecule has 1 aromatic carbocycles. The van der Waals surface area contributed by atoms with E-state index < -0.39 is 11.4 Å². The van der Waals surface area contributed by atoms with Crippen LogP contribution in [0.2, 0.25) is 5.02 Å². The summed E-state index contributed by atoms with van der Waals surface area (Å²) in [5.74, 6) is -0.501. The lowest BCUT2D eigenvalue weighted by molar-refractivity contribution is 0.000162. The molecule has 0 unspecified atom stereocenters. The van der Waals surface area contributed by atoms with Crippen molar-refractivity contribution in [2.24, 2.45) is 0 Å². The van der Waals surface area contributed by atoms with Crippen LogP contribution in [0.1, 0.15) is 32.5 Å². The number of carbonyl (C=O) groups excluding carboxylic acids is 1. The third kappa shape index (κ3) is 3.12. The van der Waals surface area contributed by atoms with Gasteiger partial charge >= 0.3 is 6.09 Å². The molecular weight excluding hydrogens is 451 g/mol. The summed E-state index contributed by atoms with van der Waals surface area (Å²) in [5, 5.41) is 6.34. The zero-order valence-electron chi connectivity index (χ0n) is 15.9. The smallest absolute Gasteiger partial charge is 0.410 e. The number of nitrogens with zero attached hydrogens (tertiary/aromatic N) is 4. The van der Waals surface area contributed by atoms with Crippen LogP contribution in [0.25, 0.3) is 21.8 Å². The summed E-state index contributed by atoms with van der Waals surface area (Å²) in [4.78, 5) is 18.1. The van der Waals surface area contributed by atoms with Crippen LogP contribution < -0.4 is 0 Å². The lowest BCUT2D eigenvalue weighted by Crippen LogP contribution is -2.52. The van der Waals surface area contributed by atoms with Crippen LogP contribution in [0.5, 0.6) is 0 Å². The molecule has 9 heteroatoms. The van der Waals surface area contributed by atoms with E-state index in [-0.39, 0.29) is 27.1 Å². The van der Waals surface area contributed by atoms with E-state index in [1.54, 1.807) is 17.2 Å². The van der Waals surface area contributed by atoms with Crippen molar-refractivity contribution in [1.82, 2.24) is 19.7 Å². The fraction of sp³-hybridized carbons (Fsp3) is 0.421. The Balaban J connectivity index is 1.74. The predicted molar refractivity (Wildman–Crippen MR) is 109 cm³/mol. The Hall–Kier alpha value is -1.93. The maximum atomic E-state index is 14.7. The van der Waals surface area contributed by atoms with E-state index in [1.807, 2.05) is 32.4 Å². The van der Waals surface area contributed by atoms with Gasteiger partial charge in [-0.25, -0.2) is 9.18 Å². The molecule has 0 N–H and O–H groups in total. The molecule has 2 aromatic heterocycles. The van der Waals surface area contributed by atoms with Crippen LogP contribution in [-0.4, -0.2) is 44.4 Å². The van der Waals surface area contributed by atoms with Crippen LogP contribution in [0.15, 0.2) is 16.7 Å². The second-order valence-corrected chi connectivity index (χ2v) is 9.17. The molecule has 3 aromatic rings. The van der Waals surface area contributed by atoms with Crippen molar-refractivity contribution >= 4 is 55.4 Å². The number of aromatic nitrogens is 3. The summed E-state index contributed by atoms with van der Waals surface area (Å²) in [6.45, 7) is 8.34. The highest BCUT2D eigenvalue weighted by Gasteiger charge is 2.36. The number of likely N-dealkylation sites (tertiary alicyclic amines) is 1. The van der Waals surface area contributed by atoms with E-state index in [4.69, 9.17) is 16.3 Å². The molecule has 1 fully saturated rings. The zero-order valence-corrected chi connectivity index (χ0v) is 18.2. The minimum Gasteiger partial charge on any atom is -0.444 e. The fourth-order valence-electron chi connectivity index (χ4n) is 3.35. The van der Waals surface area contributed by atoms with Crippen LogP contribution in [0, 0.1) is 12.7 Å². The van der Waals surface area contributed by atoms with E-state index in [1.165, 1.54) is 0 Å². The minimum atomic E-state index is -0.541. The number of hydrogen-bond donors (Lipinski definition) is 0. The van der Waals surface area contributed by atoms with Gasteiger partial charge in [-0.05, 0) is 49.7 Å². The number of halogens is 3. The molecule has 0 bridgehead atoms. The SMILES string of the molecule is Cc1nn(C2CN(C(=O)OC(C)(C)C)C2)c2c1cnc1c(F)c(Br)c(Cl)cc12. The maximum Gasteiger partial charge on any atom is 0.410 e. The first-order valence-corrected chi connectivity index (χ1v) is 10.0. The number of amides is 1. The second kappa shape index (κ2) is 6.56. The molecule has 0 aliphatic carbocycles. The average Bonchev–Trinajstić information content (AvgIpc) is 2.87. The van der Waals surface area contributed by atoms with Crippen molar-refractivity contribution in [2.75, 3.05) is 13.1 Å². The minimum absolute atomic E-state index is 0.0280. The molecule has 3 heterocycles. The molecule has 0 atom stereocenters. The van der Waals surface area contributed by atoms with E-state index >= 15 is 0 Å². The largest absolute Gasteiger partial charge is 0.444 e. The molecule has 148 valence electrons. The topological polar surface area (TPSA) is 60.2 Å². The first kappa shape index (κ1) is 19.4. The summed E-state index contributed by atoms with van der Waals surface area (Å²) in [6, 6.07) is 1.67. The molecule has 1 aliphatic heterocycles. The van der Waals surface area contributed by atoms with Crippen LogP contribution >= 0.6 is 27.5 Å². The Morgan fingerprint density at radius 3 is 2.68 bits per heavy atom. The molecule has 0 spiro atoms. The van der Waals surface area contributed by atoms with Gasteiger partial charge in [0.1, 0.15) is 11.1 Å². The van der Waals surface area contributed by atoms with Gasteiger partial charge in [0.25, 0.3) is 0 Å². The molecule has 0 saturated carbocycles. The van der Waals surface area contributed by atoms with Crippen molar-refractivity contribution in [1.29, 1.82) is 0 Å². The summed E-state index contributed by atoms with van der Waals surface area (Å²) in [5.41, 5.74) is 1.25. The van der Waals surface area contributed by atoms with Gasteiger partial charge in [-0.3, -0.25) is 9.67 Å². The molecule has 1 saturated heterocycles. The van der Waals surface area contributed by atoms with Gasteiger partial charge in [0, 0.05) is 30.1 Å². The van der Waals surface area contributed by atoms with Gasteiger partial charge in [-0.2, -0.15) is 5.10 Å². The summed E-state index contributed by atoms with van der Waals surface area (Å²) >= 11 is 9.35. The molecule has 6 nitrogen and oxygen atoms in total. The van der Waals surface area contributed by atoms with Gasteiger partial charge < -0.3 is 9.64 Å². The molecule has 28 heavy (non-hydrogen) atoms. The monoisotopic (exact) mass is 468 g/mol. The Bertz CT molecular complexity index is 1120. The lowest BCUT2D eigenvalue weighted by atomic mass is 10.1. The Labute approximate surface area is 174 Å². The van der Waals surface area contributed by atoms with Gasteiger partial charge in [-0.15, -0.1) is 0 Å². The Kier molecular flexibility index (Phi) is 4.54. The standard InChI is InChI=1S/C19H19BrClFN4O2/c1-9-12-6-23-16-11(5-13(21)14(20)15(16)22)17(12)26(24-9)10-7-25(8-10)18(27)28-19(2,3)4/h5-6,10H,7-8H2,1-4H3. The van der Waals surface area contributed by atoms with Gasteiger partial charge in [-0.1, -0.05) is 11.6 Å². The second-order valence-electron chi connectivity index (χ2n) is 7.97. The fourth-order valence-corrected chi connectivity index (χ4v) is 3.85. The summed E-state index contributed by atoms with van der Waals surface area (Å²) < 4.78 is 22.1. The van der Waals surface area contributed by atoms with Gasteiger partial charge in [0.2, 0.25) is 0 Å². The number of rotatable bonds is 1. The van der Waals surface area contributed by atoms with Crippen molar-refractivity contribution in [3.8, 4) is 0 Å². The lowest BCUT2D eigenvalue weighted by Gasteiger charge is -2.40. The zero-order chi connectivity index (χ0) is 20.4. The van der Waals surface area contributed by atoms with Crippen LogP contribution in [0.3, 0.4) is 0 Å². The highest BCUT2D eigenvalue weighted by molar-refractivity contribution is 9.10. The van der Waals surface area contributed by atoms with Gasteiger partial charge in [0.05, 0.1) is 26.7 Å². The average molecular weight is 470 g/mol. The molecule has 4 rings (SSSR count). The third-order valence-electron chi connectivity index (χ3n) is 4.71. The number of ether oxygens (including phenoxy) is 1. The van der Waals surface area contributed by atoms with E-state index in [0.717, 1.165) is 16.6 Å². The van der Waals surface area contributed by atoms with E-state index in [9.17, 15) is 9.18 Å². The molecule has 0 radical (unpaired) electrons. The summed E-state index contributed by atoms with van der Waals surface area (Å²) in [6.07, 6.45) is 1.28. The van der Waals surface area contributed by atoms with Crippen molar-refractivity contribution in [2.45, 2.75) is 39.3 Å². The third-order valence-corrected chi connectivity index (χ3v) is 6.01. The molecule has 1 amide bonds. The van der Waals surface area contributed by atoms with Crippen molar-refractivity contribution in [3.63, 3.8) is 0 Å². The number of carbonyl (C=O) groups is 1. The van der Waals surface area contributed by atoms with Crippen molar-refractivity contribution < 1.29 is 13.9 Å². The Morgan fingerprint density at radius 1 is 1.36 bits per heavy atom. The first-order chi connectivity index (χ1) is 13.1. The first-order valence-electron chi connectivity index (χ1n) is 8.86. The number of hydrogen-bond acceptors (Lipinski definition) is 4. The number of benzene rings is 1. The van der Waals surface area contributed by atoms with E-state index in [2.05, 4.69) is 26.0 Å². The number of aryl methyl sites for hydroxylation is 1. The van der Waals surface area contributed by atoms with Crippen LogP contribution in [0.4, 0.5) is 9.18 Å². The van der Waals surface area contributed by atoms with Crippen LogP contribution in [-0.2, 0) is 4.74 Å². The Morgan fingerprint density at radius 2 is 2.04 bits per heavy atom. The normalized spacial score (nSPS) is 15.3.